The fraction of sp³-hybridized carbons (Fsp3) is 0.304. The van der Waals surface area contributed by atoms with Crippen molar-refractivity contribution in [1.29, 1.82) is 0 Å². The maximum Gasteiger partial charge on any atom is 0.433 e. The van der Waals surface area contributed by atoms with E-state index in [9.17, 15) is 14.9 Å². The van der Waals surface area contributed by atoms with Gasteiger partial charge in [0.1, 0.15) is 17.3 Å². The number of hydrogen-bond donors (Lipinski definition) is 1. The highest BCUT2D eigenvalue weighted by atomic mass is 16.6. The maximum absolute atomic E-state index is 11.0. The summed E-state index contributed by atoms with van der Waals surface area (Å²) in [4.78, 5) is 20.6. The molecule has 1 fully saturated rings. The first-order valence-corrected chi connectivity index (χ1v) is 10.3. The van der Waals surface area contributed by atoms with Crippen molar-refractivity contribution >= 4 is 18.2 Å². The summed E-state index contributed by atoms with van der Waals surface area (Å²) in [5, 5.41) is 18.4. The normalized spacial score (nSPS) is 13.5. The van der Waals surface area contributed by atoms with Gasteiger partial charge in [0.05, 0.1) is 25.1 Å². The van der Waals surface area contributed by atoms with E-state index in [1.165, 1.54) is 23.9 Å². The molecule has 1 amide bonds. The number of hydrazone groups is 1. The highest BCUT2D eigenvalue weighted by Gasteiger charge is 2.21. The molecule has 1 aromatic carbocycles. The van der Waals surface area contributed by atoms with Crippen molar-refractivity contribution in [3.05, 3.63) is 88.1 Å². The first-order valence-electron chi connectivity index (χ1n) is 10.3. The number of nitrogens with zero attached hydrogens (tertiary/aromatic N) is 3. The van der Waals surface area contributed by atoms with Crippen LogP contribution in [-0.4, -0.2) is 48.5 Å². The average Bonchev–Trinajstić information content (AvgIpc) is 3.57. The molecule has 1 aliphatic heterocycles. The number of cyclic esters (lactones) is 1. The van der Waals surface area contributed by atoms with Crippen LogP contribution in [0.5, 0.6) is 0 Å². The van der Waals surface area contributed by atoms with Gasteiger partial charge in [-0.2, -0.15) is 10.1 Å². The molecule has 33 heavy (non-hydrogen) atoms. The fourth-order valence-corrected chi connectivity index (χ4v) is 2.56. The lowest BCUT2D eigenvalue weighted by molar-refractivity contribution is -0.402. The van der Waals surface area contributed by atoms with E-state index in [1.807, 2.05) is 32.2 Å². The predicted octanol–water partition coefficient (Wildman–Crippen LogP) is 4.40. The molecule has 0 saturated carbocycles. The van der Waals surface area contributed by atoms with Crippen LogP contribution in [0.4, 0.5) is 10.7 Å². The monoisotopic (exact) mass is 456 g/mol. The van der Waals surface area contributed by atoms with Gasteiger partial charge in [-0.1, -0.05) is 30.3 Å². The minimum absolute atomic E-state index is 0.200. The summed E-state index contributed by atoms with van der Waals surface area (Å²) >= 11 is 0. The van der Waals surface area contributed by atoms with Crippen LogP contribution in [0.2, 0.25) is 0 Å². The Bertz CT molecular complexity index is 1000. The average molecular weight is 456 g/mol. The summed E-state index contributed by atoms with van der Waals surface area (Å²) in [7, 11) is 1.99. The lowest BCUT2D eigenvalue weighted by atomic mass is 10.1. The Labute approximate surface area is 192 Å². The third-order valence-corrected chi connectivity index (χ3v) is 4.40. The Morgan fingerprint density at radius 3 is 2.45 bits per heavy atom. The van der Waals surface area contributed by atoms with E-state index in [0.29, 0.717) is 12.6 Å². The topological polar surface area (TPSA) is 123 Å². The highest BCUT2D eigenvalue weighted by molar-refractivity contribution is 5.78. The quantitative estimate of drug-likeness (QED) is 0.331. The minimum Gasteiger partial charge on any atom is -0.470 e. The molecule has 1 aliphatic rings. The van der Waals surface area contributed by atoms with Gasteiger partial charge in [-0.15, -0.1) is 0 Å². The third-order valence-electron chi connectivity index (χ3n) is 4.40. The number of furan rings is 2. The van der Waals surface area contributed by atoms with E-state index in [1.54, 1.807) is 6.26 Å². The largest absolute Gasteiger partial charge is 0.470 e. The fourth-order valence-electron chi connectivity index (χ4n) is 2.56. The van der Waals surface area contributed by atoms with Crippen LogP contribution < -0.4 is 5.32 Å². The van der Waals surface area contributed by atoms with Gasteiger partial charge in [-0.3, -0.25) is 10.1 Å². The van der Waals surface area contributed by atoms with Gasteiger partial charge in [0.15, 0.2) is 5.76 Å². The summed E-state index contributed by atoms with van der Waals surface area (Å²) in [6.45, 7) is 4.75. The minimum atomic E-state index is -0.651. The molecular formula is C23H28N4O6. The molecule has 0 bridgehead atoms. The Kier molecular flexibility index (Phi) is 10.4. The van der Waals surface area contributed by atoms with E-state index >= 15 is 0 Å². The number of likely N-dealkylation sites (N-methyl/N-ethyl adjacent to an activating group) is 1. The molecule has 10 nitrogen and oxygen atoms in total. The molecular weight excluding hydrogens is 428 g/mol. The molecule has 0 unspecified atom stereocenters. The Morgan fingerprint density at radius 2 is 1.97 bits per heavy atom. The maximum atomic E-state index is 11.0. The number of nitro groups is 1. The van der Waals surface area contributed by atoms with Gasteiger partial charge in [0.2, 0.25) is 0 Å². The first kappa shape index (κ1) is 25.3. The number of hydrogen-bond acceptors (Lipinski definition) is 8. The van der Waals surface area contributed by atoms with E-state index in [-0.39, 0.29) is 18.3 Å². The van der Waals surface area contributed by atoms with Gasteiger partial charge < -0.3 is 18.9 Å². The zero-order valence-electron chi connectivity index (χ0n) is 18.8. The predicted molar refractivity (Wildman–Crippen MR) is 123 cm³/mol. The molecule has 3 aromatic rings. The summed E-state index contributed by atoms with van der Waals surface area (Å²) in [5.41, 5.74) is 1.40. The number of aryl methyl sites for hydroxylation is 1. The van der Waals surface area contributed by atoms with Crippen LogP contribution in [0.1, 0.15) is 24.0 Å². The first-order chi connectivity index (χ1) is 15.9. The zero-order valence-corrected chi connectivity index (χ0v) is 18.8. The summed E-state index contributed by atoms with van der Waals surface area (Å²) in [6.07, 6.45) is 3.45. The molecule has 10 heteroatoms. The van der Waals surface area contributed by atoms with Gasteiger partial charge in [0.25, 0.3) is 0 Å². The van der Waals surface area contributed by atoms with Crippen LogP contribution in [-0.2, 0) is 11.2 Å². The van der Waals surface area contributed by atoms with Gasteiger partial charge >= 0.3 is 12.0 Å². The molecule has 1 atom stereocenters. The lowest BCUT2D eigenvalue weighted by Gasteiger charge is -2.08. The molecule has 176 valence electrons. The van der Waals surface area contributed by atoms with Crippen molar-refractivity contribution < 1.29 is 23.3 Å². The lowest BCUT2D eigenvalue weighted by Crippen LogP contribution is -2.23. The summed E-state index contributed by atoms with van der Waals surface area (Å²) in [5.74, 6) is 0.798. The molecule has 0 radical (unpaired) electrons. The zero-order chi connectivity index (χ0) is 24.1. The number of amides is 1. The molecule has 0 spiro atoms. The molecule has 0 aliphatic carbocycles. The third kappa shape index (κ3) is 9.40. The van der Waals surface area contributed by atoms with Crippen molar-refractivity contribution in [3.63, 3.8) is 0 Å². The number of benzene rings is 1. The van der Waals surface area contributed by atoms with Gasteiger partial charge in [-0.25, -0.2) is 4.79 Å². The molecule has 3 heterocycles. The van der Waals surface area contributed by atoms with Crippen LogP contribution in [0.25, 0.3) is 0 Å². The number of carbonyl (C=O) groups excluding carboxylic acids is 1. The Morgan fingerprint density at radius 1 is 1.21 bits per heavy atom. The van der Waals surface area contributed by atoms with Crippen LogP contribution in [0.15, 0.2) is 74.8 Å². The van der Waals surface area contributed by atoms with Crippen molar-refractivity contribution in [2.45, 2.75) is 26.3 Å². The molecule has 1 N–H and O–H groups in total. The van der Waals surface area contributed by atoms with E-state index in [2.05, 4.69) is 46.3 Å². The van der Waals surface area contributed by atoms with Crippen molar-refractivity contribution in [1.82, 2.24) is 10.3 Å². The smallest absolute Gasteiger partial charge is 0.433 e. The standard InChI is InChI=1S/C10H15N.C8H7N3O5.C5H6O/c1-9(11-2)8-10-6-4-3-5-7-10;12-8-10(3-4-15-8)9-5-6-1-2-7(16-6)11(13)14;1-5-3-2-4-6-5/h3-7,9,11H,8H2,1-2H3;1-2,5H,3-4H2;2-4H,1H3/b;9-5+;/t9-;;/m0../s1. The van der Waals surface area contributed by atoms with Crippen LogP contribution in [0.3, 0.4) is 0 Å². The number of carbonyl (C=O) groups is 1. The summed E-state index contributed by atoms with van der Waals surface area (Å²) in [6, 6.07) is 17.5. The van der Waals surface area contributed by atoms with Crippen molar-refractivity contribution in [2.75, 3.05) is 20.2 Å². The van der Waals surface area contributed by atoms with E-state index in [0.717, 1.165) is 17.2 Å². The van der Waals surface area contributed by atoms with Gasteiger partial charge in [-0.05, 0) is 51.1 Å². The number of ether oxygens (including phenoxy) is 1. The molecule has 2 aromatic heterocycles. The second-order valence-corrected chi connectivity index (χ2v) is 7.02. The molecule has 4 rings (SSSR count). The Balaban J connectivity index is 0.000000195. The summed E-state index contributed by atoms with van der Waals surface area (Å²) < 4.78 is 14.3. The van der Waals surface area contributed by atoms with Crippen LogP contribution in [0, 0.1) is 17.0 Å². The highest BCUT2D eigenvalue weighted by Crippen LogP contribution is 2.14. The number of rotatable bonds is 6. The van der Waals surface area contributed by atoms with Crippen molar-refractivity contribution in [3.8, 4) is 0 Å². The van der Waals surface area contributed by atoms with Gasteiger partial charge in [0, 0.05) is 6.04 Å². The Hall–Kier alpha value is -3.92. The second-order valence-electron chi connectivity index (χ2n) is 7.02. The number of nitrogens with one attached hydrogen (secondary N) is 1. The molecule has 1 saturated heterocycles. The SMILES string of the molecule is CN[C@@H](C)Cc1ccccc1.Cc1ccco1.O=C1OCCN1/N=C/c1ccc([N+](=O)[O-])o1. The van der Waals surface area contributed by atoms with Crippen LogP contribution >= 0.6 is 0 Å². The second kappa shape index (κ2) is 13.5. The van der Waals surface area contributed by atoms with Crippen molar-refractivity contribution in [2.24, 2.45) is 5.10 Å². The van der Waals surface area contributed by atoms with E-state index in [4.69, 9.17) is 8.83 Å². The van der Waals surface area contributed by atoms with E-state index < -0.39 is 11.0 Å².